The number of imidazole rings is 1. The van der Waals surface area contributed by atoms with Gasteiger partial charge >= 0.3 is 5.69 Å². The van der Waals surface area contributed by atoms with Crippen LogP contribution in [0.4, 0.5) is 0 Å². The Bertz CT molecular complexity index is 1260. The molecule has 1 amide bonds. The molecule has 0 saturated heterocycles. The standard InChI is InChI=1S/C36H63N5O4/c1-6-8-9-10-11-12-13-15-18-21-24-28(3)34(43)37-27-29(30(42)7-2)25-22-19-16-14-17-20-23-26-31-38-33-32(40(31)4)35(44)39-36(45)41(33)5/h28-29H,6-27H2,1-5H3,(H,37,43)(H,39,44,45). The third-order valence-electron chi connectivity index (χ3n) is 9.44. The van der Waals surface area contributed by atoms with E-state index in [2.05, 4.69) is 22.2 Å². The van der Waals surface area contributed by atoms with Crippen LogP contribution >= 0.6 is 0 Å². The number of hydrogen-bond donors (Lipinski definition) is 2. The van der Waals surface area contributed by atoms with E-state index in [1.54, 1.807) is 11.6 Å². The summed E-state index contributed by atoms with van der Waals surface area (Å²) in [6, 6.07) is 0. The number of amides is 1. The summed E-state index contributed by atoms with van der Waals surface area (Å²) < 4.78 is 3.18. The normalized spacial score (nSPS) is 12.9. The van der Waals surface area contributed by atoms with Crippen LogP contribution in [0.15, 0.2) is 9.59 Å². The second-order valence-electron chi connectivity index (χ2n) is 13.2. The van der Waals surface area contributed by atoms with Crippen molar-refractivity contribution in [2.45, 2.75) is 156 Å². The second kappa shape index (κ2) is 21.9. The van der Waals surface area contributed by atoms with Gasteiger partial charge in [-0.3, -0.25) is 23.9 Å². The Hall–Kier alpha value is -2.71. The molecule has 0 aliphatic rings. The molecular weight excluding hydrogens is 566 g/mol. The van der Waals surface area contributed by atoms with Crippen molar-refractivity contribution < 1.29 is 9.59 Å². The number of aromatic nitrogens is 4. The van der Waals surface area contributed by atoms with Gasteiger partial charge in [-0.2, -0.15) is 0 Å². The molecule has 0 saturated carbocycles. The van der Waals surface area contributed by atoms with Crippen LogP contribution in [0.1, 0.15) is 155 Å². The van der Waals surface area contributed by atoms with E-state index >= 15 is 0 Å². The number of unbranched alkanes of at least 4 members (excludes halogenated alkanes) is 15. The minimum Gasteiger partial charge on any atom is -0.355 e. The Morgan fingerprint density at radius 1 is 0.756 bits per heavy atom. The number of hydrogen-bond acceptors (Lipinski definition) is 5. The molecule has 9 nitrogen and oxygen atoms in total. The lowest BCUT2D eigenvalue weighted by Gasteiger charge is -2.18. The predicted octanol–water partition coefficient (Wildman–Crippen LogP) is 7.28. The Labute approximate surface area is 271 Å². The van der Waals surface area contributed by atoms with Gasteiger partial charge in [0, 0.05) is 45.3 Å². The number of carbonyl (C=O) groups excluding carboxylic acids is 2. The maximum absolute atomic E-state index is 12.7. The molecule has 0 aromatic carbocycles. The quantitative estimate of drug-likeness (QED) is 0.106. The van der Waals surface area contributed by atoms with Crippen LogP contribution < -0.4 is 16.6 Å². The van der Waals surface area contributed by atoms with Crippen LogP contribution in [0.5, 0.6) is 0 Å². The maximum atomic E-state index is 12.7. The molecule has 9 heteroatoms. The number of ketones is 1. The average molecular weight is 630 g/mol. The zero-order chi connectivity index (χ0) is 33.0. The third-order valence-corrected chi connectivity index (χ3v) is 9.44. The number of fused-ring (bicyclic) bond motifs is 1. The van der Waals surface area contributed by atoms with Gasteiger partial charge in [0.25, 0.3) is 5.56 Å². The number of Topliss-reactive ketones (excluding diaryl/α,β-unsaturated/α-hetero) is 1. The summed E-state index contributed by atoms with van der Waals surface area (Å²) in [6.07, 6.45) is 23.6. The molecule has 0 fully saturated rings. The molecule has 2 atom stereocenters. The van der Waals surface area contributed by atoms with Crippen molar-refractivity contribution in [3.05, 3.63) is 26.7 Å². The lowest BCUT2D eigenvalue weighted by atomic mass is 9.94. The summed E-state index contributed by atoms with van der Waals surface area (Å²) in [6.45, 7) is 6.66. The summed E-state index contributed by atoms with van der Waals surface area (Å²) in [5.41, 5.74) is 0.0235. The molecule has 2 unspecified atom stereocenters. The van der Waals surface area contributed by atoms with E-state index in [1.165, 1.54) is 62.4 Å². The number of nitrogens with zero attached hydrogens (tertiary/aromatic N) is 3. The fourth-order valence-corrected chi connectivity index (χ4v) is 6.27. The van der Waals surface area contributed by atoms with Gasteiger partial charge in [0.05, 0.1) is 0 Å². The SMILES string of the molecule is CCCCCCCCCCCCC(C)C(=O)NCC(CCCCCCCCCc1nc2c(c(=O)[nH]c(=O)n2C)n1C)C(=O)CC. The highest BCUT2D eigenvalue weighted by atomic mass is 16.2. The minimum atomic E-state index is -0.448. The minimum absolute atomic E-state index is 0.00393. The van der Waals surface area contributed by atoms with E-state index in [0.717, 1.165) is 76.5 Å². The van der Waals surface area contributed by atoms with Gasteiger partial charge in [-0.15, -0.1) is 0 Å². The number of aryl methyl sites for hydroxylation is 3. The number of rotatable bonds is 26. The first-order valence-electron chi connectivity index (χ1n) is 18.2. The fourth-order valence-electron chi connectivity index (χ4n) is 6.27. The Morgan fingerprint density at radius 2 is 1.29 bits per heavy atom. The summed E-state index contributed by atoms with van der Waals surface area (Å²) in [5, 5.41) is 3.09. The van der Waals surface area contributed by atoms with E-state index in [4.69, 9.17) is 0 Å². The van der Waals surface area contributed by atoms with Gasteiger partial charge in [0.2, 0.25) is 5.91 Å². The molecule has 0 aliphatic heterocycles. The number of nitrogens with one attached hydrogen (secondary N) is 2. The lowest BCUT2D eigenvalue weighted by molar-refractivity contribution is -0.126. The molecule has 2 aromatic heterocycles. The molecule has 256 valence electrons. The van der Waals surface area contributed by atoms with Gasteiger partial charge in [0.1, 0.15) is 11.6 Å². The molecule has 0 aliphatic carbocycles. The zero-order valence-corrected chi connectivity index (χ0v) is 29.2. The third kappa shape index (κ3) is 13.7. The van der Waals surface area contributed by atoms with Crippen LogP contribution in [0.25, 0.3) is 11.2 Å². The second-order valence-corrected chi connectivity index (χ2v) is 13.2. The van der Waals surface area contributed by atoms with Crippen molar-refractivity contribution in [3.8, 4) is 0 Å². The van der Waals surface area contributed by atoms with E-state index in [-0.39, 0.29) is 23.5 Å². The molecule has 2 aromatic rings. The van der Waals surface area contributed by atoms with Gasteiger partial charge in [-0.05, 0) is 19.3 Å². The van der Waals surface area contributed by atoms with Crippen LogP contribution in [-0.4, -0.2) is 37.3 Å². The van der Waals surface area contributed by atoms with Crippen molar-refractivity contribution in [2.75, 3.05) is 6.54 Å². The van der Waals surface area contributed by atoms with Gasteiger partial charge in [0.15, 0.2) is 11.2 Å². The molecule has 0 radical (unpaired) electrons. The summed E-state index contributed by atoms with van der Waals surface area (Å²) in [4.78, 5) is 56.2. The summed E-state index contributed by atoms with van der Waals surface area (Å²) >= 11 is 0. The molecule has 2 rings (SSSR count). The first kappa shape index (κ1) is 38.5. The first-order valence-corrected chi connectivity index (χ1v) is 18.2. The van der Waals surface area contributed by atoms with E-state index in [1.807, 2.05) is 20.9 Å². The van der Waals surface area contributed by atoms with Gasteiger partial charge in [-0.25, -0.2) is 9.78 Å². The predicted molar refractivity (Wildman–Crippen MR) is 185 cm³/mol. The summed E-state index contributed by atoms with van der Waals surface area (Å²) in [5.74, 6) is 1.09. The fraction of sp³-hybridized carbons (Fsp3) is 0.806. The Balaban J connectivity index is 1.56. The van der Waals surface area contributed by atoms with Crippen molar-refractivity contribution in [2.24, 2.45) is 25.9 Å². The molecule has 2 N–H and O–H groups in total. The van der Waals surface area contributed by atoms with E-state index in [0.29, 0.717) is 24.1 Å². The number of carbonyl (C=O) groups is 2. The van der Waals surface area contributed by atoms with Gasteiger partial charge in [-0.1, -0.05) is 124 Å². The van der Waals surface area contributed by atoms with Crippen molar-refractivity contribution in [1.82, 2.24) is 24.4 Å². The van der Waals surface area contributed by atoms with Crippen molar-refractivity contribution in [3.63, 3.8) is 0 Å². The number of H-pyrrole nitrogens is 1. The summed E-state index contributed by atoms with van der Waals surface area (Å²) in [7, 11) is 3.45. The lowest BCUT2D eigenvalue weighted by Crippen LogP contribution is -2.36. The Morgan fingerprint density at radius 3 is 1.87 bits per heavy atom. The van der Waals surface area contributed by atoms with Crippen LogP contribution in [0.3, 0.4) is 0 Å². The van der Waals surface area contributed by atoms with Crippen LogP contribution in [-0.2, 0) is 30.1 Å². The largest absolute Gasteiger partial charge is 0.355 e. The van der Waals surface area contributed by atoms with Crippen LogP contribution in [0.2, 0.25) is 0 Å². The van der Waals surface area contributed by atoms with Gasteiger partial charge < -0.3 is 9.88 Å². The monoisotopic (exact) mass is 629 g/mol. The highest BCUT2D eigenvalue weighted by Gasteiger charge is 2.19. The van der Waals surface area contributed by atoms with Crippen LogP contribution in [0, 0.1) is 11.8 Å². The van der Waals surface area contributed by atoms with E-state index < -0.39 is 11.2 Å². The zero-order valence-electron chi connectivity index (χ0n) is 29.2. The molecule has 0 bridgehead atoms. The average Bonchev–Trinajstić information content (AvgIpc) is 3.36. The first-order chi connectivity index (χ1) is 21.7. The Kier molecular flexibility index (Phi) is 18.7. The maximum Gasteiger partial charge on any atom is 0.329 e. The van der Waals surface area contributed by atoms with E-state index in [9.17, 15) is 19.2 Å². The van der Waals surface area contributed by atoms with Crippen molar-refractivity contribution in [1.29, 1.82) is 0 Å². The highest BCUT2D eigenvalue weighted by molar-refractivity contribution is 5.82. The number of aromatic amines is 1. The smallest absolute Gasteiger partial charge is 0.329 e. The molecule has 0 spiro atoms. The van der Waals surface area contributed by atoms with Crippen molar-refractivity contribution >= 4 is 22.9 Å². The molecular formula is C36H63N5O4. The molecule has 45 heavy (non-hydrogen) atoms. The topological polar surface area (TPSA) is 119 Å². The molecule has 2 heterocycles. The highest BCUT2D eigenvalue weighted by Crippen LogP contribution is 2.18.